The fourth-order valence-electron chi connectivity index (χ4n) is 2.38. The molecule has 1 saturated heterocycles. The van der Waals surface area contributed by atoms with Crippen molar-refractivity contribution in [2.24, 2.45) is 11.7 Å². The maximum absolute atomic E-state index is 11.8. The van der Waals surface area contributed by atoms with Crippen molar-refractivity contribution in [1.29, 1.82) is 0 Å². The molecule has 0 aromatic heterocycles. The Morgan fingerprint density at radius 3 is 2.37 bits per heavy atom. The molecule has 5 nitrogen and oxygen atoms in total. The molecule has 1 atom stereocenters. The first-order chi connectivity index (χ1) is 9.08. The van der Waals surface area contributed by atoms with Gasteiger partial charge in [-0.25, -0.2) is 4.79 Å². The number of nitrogens with zero attached hydrogens (tertiary/aromatic N) is 2. The monoisotopic (exact) mass is 271 g/mol. The van der Waals surface area contributed by atoms with E-state index >= 15 is 0 Å². The summed E-state index contributed by atoms with van der Waals surface area (Å²) in [7, 11) is 0. The number of carbonyl (C=O) groups excluding carboxylic acids is 1. The summed E-state index contributed by atoms with van der Waals surface area (Å²) in [6, 6.07) is 0.457. The largest absolute Gasteiger partial charge is 0.449 e. The lowest BCUT2D eigenvalue weighted by molar-refractivity contribution is 0.0575. The first-order valence-corrected chi connectivity index (χ1v) is 7.44. The Kier molecular flexibility index (Phi) is 7.16. The van der Waals surface area contributed by atoms with Crippen LogP contribution in [0.3, 0.4) is 0 Å². The van der Waals surface area contributed by atoms with E-state index in [0.29, 0.717) is 25.1 Å². The molecule has 19 heavy (non-hydrogen) atoms. The predicted molar refractivity (Wildman–Crippen MR) is 77.1 cm³/mol. The standard InChI is InChI=1S/C14H29N3O2/c1-4-5-13(10-15)16-6-8-17(9-7-16)14(18)19-11-12(2)3/h12-13H,4-11,15H2,1-3H3. The number of ether oxygens (including phenoxy) is 1. The first kappa shape index (κ1) is 16.2. The molecule has 0 aliphatic carbocycles. The second-order valence-electron chi connectivity index (χ2n) is 5.67. The van der Waals surface area contributed by atoms with Crippen molar-refractivity contribution in [3.05, 3.63) is 0 Å². The maximum atomic E-state index is 11.8. The number of rotatable bonds is 6. The van der Waals surface area contributed by atoms with Gasteiger partial charge in [-0.1, -0.05) is 27.2 Å². The number of hydrogen-bond acceptors (Lipinski definition) is 4. The summed E-state index contributed by atoms with van der Waals surface area (Å²) < 4.78 is 5.26. The molecule has 1 unspecified atom stereocenters. The predicted octanol–water partition coefficient (Wildman–Crippen LogP) is 1.52. The quantitative estimate of drug-likeness (QED) is 0.796. The number of piperazine rings is 1. The van der Waals surface area contributed by atoms with Gasteiger partial charge in [0.15, 0.2) is 0 Å². The van der Waals surface area contributed by atoms with Gasteiger partial charge in [-0.05, 0) is 12.3 Å². The van der Waals surface area contributed by atoms with E-state index in [-0.39, 0.29) is 6.09 Å². The van der Waals surface area contributed by atoms with E-state index in [1.807, 2.05) is 13.8 Å². The SMILES string of the molecule is CCCC(CN)N1CCN(C(=O)OCC(C)C)CC1. The molecule has 112 valence electrons. The van der Waals surface area contributed by atoms with Crippen LogP contribution >= 0.6 is 0 Å². The molecular weight excluding hydrogens is 242 g/mol. The minimum absolute atomic E-state index is 0.173. The Labute approximate surface area is 117 Å². The van der Waals surface area contributed by atoms with Gasteiger partial charge in [-0.15, -0.1) is 0 Å². The Balaban J connectivity index is 2.33. The third-order valence-electron chi connectivity index (χ3n) is 3.52. The zero-order valence-electron chi connectivity index (χ0n) is 12.6. The lowest BCUT2D eigenvalue weighted by Gasteiger charge is -2.38. The third kappa shape index (κ3) is 5.37. The summed E-state index contributed by atoms with van der Waals surface area (Å²) in [5, 5.41) is 0. The van der Waals surface area contributed by atoms with Crippen molar-refractivity contribution in [3.8, 4) is 0 Å². The van der Waals surface area contributed by atoms with Gasteiger partial charge in [0.1, 0.15) is 0 Å². The van der Waals surface area contributed by atoms with Crippen LogP contribution in [0.2, 0.25) is 0 Å². The lowest BCUT2D eigenvalue weighted by atomic mass is 10.1. The highest BCUT2D eigenvalue weighted by Gasteiger charge is 2.25. The molecule has 0 aromatic carbocycles. The summed E-state index contributed by atoms with van der Waals surface area (Å²) in [4.78, 5) is 16.0. The van der Waals surface area contributed by atoms with Gasteiger partial charge in [0.25, 0.3) is 0 Å². The van der Waals surface area contributed by atoms with Gasteiger partial charge in [0.05, 0.1) is 6.61 Å². The summed E-state index contributed by atoms with van der Waals surface area (Å²) >= 11 is 0. The molecule has 0 bridgehead atoms. The summed E-state index contributed by atoms with van der Waals surface area (Å²) in [6.07, 6.45) is 2.11. The van der Waals surface area contributed by atoms with Crippen LogP contribution in [0.25, 0.3) is 0 Å². The highest BCUT2D eigenvalue weighted by molar-refractivity contribution is 5.67. The van der Waals surface area contributed by atoms with E-state index in [2.05, 4.69) is 11.8 Å². The van der Waals surface area contributed by atoms with Crippen LogP contribution in [0.15, 0.2) is 0 Å². The molecule has 0 aromatic rings. The van der Waals surface area contributed by atoms with Crippen molar-refractivity contribution in [1.82, 2.24) is 9.80 Å². The van der Waals surface area contributed by atoms with Crippen LogP contribution in [-0.2, 0) is 4.74 Å². The minimum Gasteiger partial charge on any atom is -0.449 e. The van der Waals surface area contributed by atoms with Crippen molar-refractivity contribution in [2.45, 2.75) is 39.7 Å². The maximum Gasteiger partial charge on any atom is 0.409 e. The Morgan fingerprint density at radius 2 is 1.89 bits per heavy atom. The van der Waals surface area contributed by atoms with Crippen LogP contribution in [0.4, 0.5) is 4.79 Å². The summed E-state index contributed by atoms with van der Waals surface area (Å²) in [5.74, 6) is 0.386. The van der Waals surface area contributed by atoms with Crippen molar-refractivity contribution < 1.29 is 9.53 Å². The Morgan fingerprint density at radius 1 is 1.26 bits per heavy atom. The molecule has 0 radical (unpaired) electrons. The van der Waals surface area contributed by atoms with E-state index in [9.17, 15) is 4.79 Å². The van der Waals surface area contributed by atoms with E-state index in [4.69, 9.17) is 10.5 Å². The van der Waals surface area contributed by atoms with Crippen LogP contribution in [0.5, 0.6) is 0 Å². The molecule has 2 N–H and O–H groups in total. The van der Waals surface area contributed by atoms with E-state index < -0.39 is 0 Å². The topological polar surface area (TPSA) is 58.8 Å². The normalized spacial score (nSPS) is 18.7. The molecule has 1 rings (SSSR count). The second kappa shape index (κ2) is 8.38. The molecular formula is C14H29N3O2. The number of amides is 1. The van der Waals surface area contributed by atoms with Crippen molar-refractivity contribution >= 4 is 6.09 Å². The number of hydrogen-bond donors (Lipinski definition) is 1. The van der Waals surface area contributed by atoms with Gasteiger partial charge in [0.2, 0.25) is 0 Å². The highest BCUT2D eigenvalue weighted by atomic mass is 16.6. The Hall–Kier alpha value is -0.810. The van der Waals surface area contributed by atoms with Crippen LogP contribution in [-0.4, -0.2) is 61.3 Å². The smallest absolute Gasteiger partial charge is 0.409 e. The molecule has 0 saturated carbocycles. The molecule has 1 heterocycles. The van der Waals surface area contributed by atoms with E-state index in [1.165, 1.54) is 0 Å². The van der Waals surface area contributed by atoms with Crippen molar-refractivity contribution in [3.63, 3.8) is 0 Å². The van der Waals surface area contributed by atoms with Crippen LogP contribution in [0.1, 0.15) is 33.6 Å². The van der Waals surface area contributed by atoms with Gasteiger partial charge in [-0.2, -0.15) is 0 Å². The van der Waals surface area contributed by atoms with Gasteiger partial charge >= 0.3 is 6.09 Å². The lowest BCUT2D eigenvalue weighted by Crippen LogP contribution is -2.53. The van der Waals surface area contributed by atoms with E-state index in [0.717, 1.165) is 39.0 Å². The first-order valence-electron chi connectivity index (χ1n) is 7.44. The average Bonchev–Trinajstić information content (AvgIpc) is 2.42. The average molecular weight is 271 g/mol. The Bertz CT molecular complexity index is 263. The summed E-state index contributed by atoms with van der Waals surface area (Å²) in [6.45, 7) is 10.8. The molecule has 5 heteroatoms. The van der Waals surface area contributed by atoms with Gasteiger partial charge in [0, 0.05) is 38.8 Å². The molecule has 1 fully saturated rings. The minimum atomic E-state index is -0.173. The van der Waals surface area contributed by atoms with Crippen LogP contribution < -0.4 is 5.73 Å². The van der Waals surface area contributed by atoms with Crippen LogP contribution in [0, 0.1) is 5.92 Å². The zero-order chi connectivity index (χ0) is 14.3. The van der Waals surface area contributed by atoms with Gasteiger partial charge in [-0.3, -0.25) is 4.90 Å². The third-order valence-corrected chi connectivity index (χ3v) is 3.52. The number of carbonyl (C=O) groups is 1. The highest BCUT2D eigenvalue weighted by Crippen LogP contribution is 2.11. The fourth-order valence-corrected chi connectivity index (χ4v) is 2.38. The zero-order valence-corrected chi connectivity index (χ0v) is 12.6. The fraction of sp³-hybridized carbons (Fsp3) is 0.929. The molecule has 1 amide bonds. The molecule has 1 aliphatic rings. The molecule has 1 aliphatic heterocycles. The second-order valence-corrected chi connectivity index (χ2v) is 5.67. The van der Waals surface area contributed by atoms with Gasteiger partial charge < -0.3 is 15.4 Å². The number of nitrogens with two attached hydrogens (primary N) is 1. The van der Waals surface area contributed by atoms with E-state index in [1.54, 1.807) is 4.90 Å². The summed E-state index contributed by atoms with van der Waals surface area (Å²) in [5.41, 5.74) is 5.82. The molecule has 0 spiro atoms. The van der Waals surface area contributed by atoms with Crippen molar-refractivity contribution in [2.75, 3.05) is 39.3 Å².